The minimum atomic E-state index is -0.826. The molecule has 5 heteroatoms. The highest BCUT2D eigenvalue weighted by atomic mass is 19.1. The number of pyridine rings is 1. The molecule has 1 aromatic heterocycles. The van der Waals surface area contributed by atoms with Gasteiger partial charge in [0.05, 0.1) is 11.6 Å². The average Bonchev–Trinajstić information content (AvgIpc) is 2.80. The summed E-state index contributed by atoms with van der Waals surface area (Å²) in [5, 5.41) is 1.97. The summed E-state index contributed by atoms with van der Waals surface area (Å²) in [4.78, 5) is 11.0. The molecular weight excluding hydrogens is 329 g/mol. The van der Waals surface area contributed by atoms with Gasteiger partial charge in [-0.25, -0.2) is 4.39 Å². The maximum Gasteiger partial charge on any atom is 0.228 e. The Labute approximate surface area is 151 Å². The number of fused-ring (bicyclic) bond motifs is 4. The van der Waals surface area contributed by atoms with Crippen molar-refractivity contribution in [2.75, 3.05) is 11.9 Å². The maximum absolute atomic E-state index is 13.9. The summed E-state index contributed by atoms with van der Waals surface area (Å²) in [6.45, 7) is 4.14. The predicted molar refractivity (Wildman–Crippen MR) is 101 cm³/mol. The highest BCUT2D eigenvalue weighted by Gasteiger charge is 2.58. The minimum absolute atomic E-state index is 0.244. The van der Waals surface area contributed by atoms with Crippen molar-refractivity contribution in [2.24, 2.45) is 4.99 Å². The first kappa shape index (κ1) is 15.3. The molecule has 2 aliphatic rings. The molecule has 0 N–H and O–H groups in total. The predicted octanol–water partition coefficient (Wildman–Crippen LogP) is 4.59. The van der Waals surface area contributed by atoms with Crippen LogP contribution in [0.5, 0.6) is 5.75 Å². The van der Waals surface area contributed by atoms with Crippen LogP contribution in [0, 0.1) is 5.82 Å². The number of halogens is 1. The third-order valence-corrected chi connectivity index (χ3v) is 5.77. The number of likely N-dealkylation sites (N-methyl/N-ethyl adjacent to an activating group) is 1. The molecule has 4 nitrogen and oxygen atoms in total. The van der Waals surface area contributed by atoms with Gasteiger partial charge in [-0.2, -0.15) is 0 Å². The van der Waals surface area contributed by atoms with Crippen LogP contribution in [-0.4, -0.2) is 24.0 Å². The van der Waals surface area contributed by atoms with Crippen molar-refractivity contribution in [3.05, 3.63) is 60.2 Å². The Morgan fingerprint density at radius 3 is 2.81 bits per heavy atom. The van der Waals surface area contributed by atoms with E-state index in [9.17, 15) is 4.39 Å². The Hall–Kier alpha value is -2.95. The number of hydrogen-bond acceptors (Lipinski definition) is 4. The monoisotopic (exact) mass is 347 g/mol. The molecule has 2 aliphatic heterocycles. The van der Waals surface area contributed by atoms with Gasteiger partial charge in [-0.15, -0.1) is 0 Å². The SMILES string of the molecule is CN1c2ccc(F)cc2C(C)(C)C12C=Nc1ccc3cnccc3c1O2. The molecule has 0 amide bonds. The molecule has 0 bridgehead atoms. The van der Waals surface area contributed by atoms with Crippen molar-refractivity contribution in [2.45, 2.75) is 25.0 Å². The quantitative estimate of drug-likeness (QED) is 0.597. The van der Waals surface area contributed by atoms with E-state index in [1.54, 1.807) is 18.3 Å². The summed E-state index contributed by atoms with van der Waals surface area (Å²) >= 11 is 0. The van der Waals surface area contributed by atoms with Gasteiger partial charge in [-0.05, 0) is 49.7 Å². The third-order valence-electron chi connectivity index (χ3n) is 5.77. The number of rotatable bonds is 0. The molecule has 1 spiro atoms. The van der Waals surface area contributed by atoms with Crippen LogP contribution in [-0.2, 0) is 5.41 Å². The molecule has 26 heavy (non-hydrogen) atoms. The van der Waals surface area contributed by atoms with Crippen molar-refractivity contribution in [1.29, 1.82) is 0 Å². The fourth-order valence-electron chi connectivity index (χ4n) is 4.21. The van der Waals surface area contributed by atoms with E-state index < -0.39 is 11.1 Å². The van der Waals surface area contributed by atoms with Gasteiger partial charge in [0.25, 0.3) is 0 Å². The molecule has 0 saturated heterocycles. The van der Waals surface area contributed by atoms with Gasteiger partial charge < -0.3 is 9.64 Å². The van der Waals surface area contributed by atoms with Crippen molar-refractivity contribution >= 4 is 28.4 Å². The highest BCUT2D eigenvalue weighted by molar-refractivity contribution is 5.96. The van der Waals surface area contributed by atoms with Crippen molar-refractivity contribution in [1.82, 2.24) is 4.98 Å². The fraction of sp³-hybridized carbons (Fsp3) is 0.238. The number of hydrogen-bond donors (Lipinski definition) is 0. The lowest BCUT2D eigenvalue weighted by molar-refractivity contribution is 0.0841. The summed E-state index contributed by atoms with van der Waals surface area (Å²) in [6, 6.07) is 10.8. The first-order valence-electron chi connectivity index (χ1n) is 8.59. The van der Waals surface area contributed by atoms with Crippen LogP contribution in [0.1, 0.15) is 19.4 Å². The van der Waals surface area contributed by atoms with Gasteiger partial charge >= 0.3 is 0 Å². The lowest BCUT2D eigenvalue weighted by Gasteiger charge is -2.45. The topological polar surface area (TPSA) is 37.7 Å². The van der Waals surface area contributed by atoms with Crippen LogP contribution in [0.3, 0.4) is 0 Å². The number of aromatic nitrogens is 1. The highest BCUT2D eigenvalue weighted by Crippen LogP contribution is 2.54. The van der Waals surface area contributed by atoms with Crippen LogP contribution < -0.4 is 9.64 Å². The molecule has 3 heterocycles. The van der Waals surface area contributed by atoms with Crippen molar-refractivity contribution < 1.29 is 9.13 Å². The van der Waals surface area contributed by atoms with Crippen molar-refractivity contribution in [3.63, 3.8) is 0 Å². The molecule has 3 aromatic rings. The Kier molecular flexibility index (Phi) is 2.84. The van der Waals surface area contributed by atoms with E-state index in [0.29, 0.717) is 0 Å². The van der Waals surface area contributed by atoms with Crippen LogP contribution in [0.2, 0.25) is 0 Å². The third kappa shape index (κ3) is 1.72. The molecule has 2 aromatic carbocycles. The first-order valence-corrected chi connectivity index (χ1v) is 8.59. The van der Waals surface area contributed by atoms with E-state index in [-0.39, 0.29) is 5.82 Å². The number of nitrogens with zero attached hydrogens (tertiary/aromatic N) is 3. The molecule has 1 atom stereocenters. The zero-order valence-corrected chi connectivity index (χ0v) is 14.8. The van der Waals surface area contributed by atoms with Crippen LogP contribution >= 0.6 is 0 Å². The Bertz CT molecular complexity index is 1090. The van der Waals surface area contributed by atoms with Crippen LogP contribution in [0.25, 0.3) is 10.8 Å². The van der Waals surface area contributed by atoms with E-state index >= 15 is 0 Å². The summed E-state index contributed by atoms with van der Waals surface area (Å²) in [5.74, 6) is 0.493. The molecule has 1 unspecified atom stereocenters. The van der Waals surface area contributed by atoms with Crippen LogP contribution in [0.15, 0.2) is 53.8 Å². The zero-order chi connectivity index (χ0) is 18.1. The fourth-order valence-corrected chi connectivity index (χ4v) is 4.21. The maximum atomic E-state index is 13.9. The van der Waals surface area contributed by atoms with E-state index in [4.69, 9.17) is 9.73 Å². The largest absolute Gasteiger partial charge is 0.459 e. The Morgan fingerprint density at radius 2 is 1.96 bits per heavy atom. The Balaban J connectivity index is 1.74. The first-order chi connectivity index (χ1) is 12.4. The van der Waals surface area contributed by atoms with Gasteiger partial charge in [-0.1, -0.05) is 6.07 Å². The average molecular weight is 347 g/mol. The van der Waals surface area contributed by atoms with Gasteiger partial charge in [0.15, 0.2) is 5.75 Å². The molecule has 0 radical (unpaired) electrons. The van der Waals surface area contributed by atoms with Gasteiger partial charge in [0, 0.05) is 35.9 Å². The van der Waals surface area contributed by atoms with Crippen molar-refractivity contribution in [3.8, 4) is 5.75 Å². The molecule has 130 valence electrons. The van der Waals surface area contributed by atoms with E-state index in [1.807, 2.05) is 42.6 Å². The molecule has 5 rings (SSSR count). The second-order valence-corrected chi connectivity index (χ2v) is 7.41. The van der Waals surface area contributed by atoms with Crippen LogP contribution in [0.4, 0.5) is 15.8 Å². The van der Waals surface area contributed by atoms with E-state index in [1.165, 1.54) is 6.07 Å². The van der Waals surface area contributed by atoms with E-state index in [2.05, 4.69) is 18.8 Å². The molecular formula is C21H18FN3O. The summed E-state index contributed by atoms with van der Waals surface area (Å²) < 4.78 is 20.6. The smallest absolute Gasteiger partial charge is 0.228 e. The second-order valence-electron chi connectivity index (χ2n) is 7.41. The lowest BCUT2D eigenvalue weighted by Crippen LogP contribution is -2.61. The Morgan fingerprint density at radius 1 is 1.12 bits per heavy atom. The van der Waals surface area contributed by atoms with Gasteiger partial charge in [0.2, 0.25) is 5.72 Å². The summed E-state index contributed by atoms with van der Waals surface area (Å²) in [5.41, 5.74) is 1.34. The zero-order valence-electron chi connectivity index (χ0n) is 14.8. The van der Waals surface area contributed by atoms with Gasteiger partial charge in [0.1, 0.15) is 11.5 Å². The molecule has 0 saturated carbocycles. The van der Waals surface area contributed by atoms with Gasteiger partial charge in [-0.3, -0.25) is 9.98 Å². The van der Waals surface area contributed by atoms with E-state index in [0.717, 1.165) is 33.5 Å². The standard InChI is InChI=1S/C21H18FN3O/c1-20(2)16-10-14(22)5-7-18(16)25(3)21(20)12-24-17-6-4-13-11-23-9-8-15(13)19(17)26-21/h4-12H,1-3H3. The second kappa shape index (κ2) is 4.81. The summed E-state index contributed by atoms with van der Waals surface area (Å²) in [6.07, 6.45) is 5.42. The molecule has 0 fully saturated rings. The summed E-state index contributed by atoms with van der Waals surface area (Å²) in [7, 11) is 1.97. The molecule has 0 aliphatic carbocycles. The number of ether oxygens (including phenoxy) is 1. The number of benzene rings is 2. The normalized spacial score (nSPS) is 22.4. The lowest BCUT2D eigenvalue weighted by atomic mass is 9.77. The number of anilines is 1. The number of aliphatic imine (C=N–C) groups is 1. The minimum Gasteiger partial charge on any atom is -0.459 e.